The van der Waals surface area contributed by atoms with Gasteiger partial charge in [-0.05, 0) is 12.3 Å². The van der Waals surface area contributed by atoms with Gasteiger partial charge in [0.15, 0.2) is 0 Å². The number of amides is 2. The van der Waals surface area contributed by atoms with Crippen molar-refractivity contribution < 1.29 is 14.7 Å². The number of likely N-dealkylation sites (tertiary alicyclic amines) is 1. The normalized spacial score (nSPS) is 22.9. The van der Waals surface area contributed by atoms with E-state index >= 15 is 0 Å². The van der Waals surface area contributed by atoms with Crippen molar-refractivity contribution in [1.82, 2.24) is 10.2 Å². The second kappa shape index (κ2) is 5.76. The Morgan fingerprint density at radius 1 is 1.56 bits per heavy atom. The van der Waals surface area contributed by atoms with Crippen LogP contribution in [-0.2, 0) is 4.79 Å². The number of hydrogen-bond donors (Lipinski definition) is 2. The van der Waals surface area contributed by atoms with Crippen LogP contribution in [0.2, 0.25) is 0 Å². The number of urea groups is 1. The van der Waals surface area contributed by atoms with Gasteiger partial charge in [0.2, 0.25) is 0 Å². The Kier molecular flexibility index (Phi) is 4.60. The van der Waals surface area contributed by atoms with E-state index in [0.29, 0.717) is 25.9 Å². The fourth-order valence-corrected chi connectivity index (χ4v) is 2.25. The molecular weight excluding hydrogens is 232 g/mol. The molecule has 1 heterocycles. The Hall–Kier alpha value is -1.70. The van der Waals surface area contributed by atoms with Gasteiger partial charge in [-0.2, -0.15) is 0 Å². The average molecular weight is 252 g/mol. The number of nitrogens with zero attached hydrogens (tertiary/aromatic N) is 1. The standard InChI is InChI=1S/C13H20N2O3/c1-4-5-7-14-12(18)15-8-6-13(9-15,10(2)3)11(16)17/h1,10H,5-9H2,2-3H3,(H,14,18)(H,16,17). The predicted octanol–water partition coefficient (Wildman–Crippen LogP) is 1.15. The van der Waals surface area contributed by atoms with E-state index in [1.807, 2.05) is 13.8 Å². The number of nitrogens with one attached hydrogen (secondary N) is 1. The third-order valence-corrected chi connectivity index (χ3v) is 3.66. The lowest BCUT2D eigenvalue weighted by Crippen LogP contribution is -2.43. The van der Waals surface area contributed by atoms with E-state index in [2.05, 4.69) is 11.2 Å². The maximum Gasteiger partial charge on any atom is 0.317 e. The molecule has 18 heavy (non-hydrogen) atoms. The molecule has 0 radical (unpaired) electrons. The number of aliphatic carboxylic acids is 1. The largest absolute Gasteiger partial charge is 0.481 e. The van der Waals surface area contributed by atoms with E-state index in [0.717, 1.165) is 0 Å². The average Bonchev–Trinajstić information content (AvgIpc) is 2.75. The predicted molar refractivity (Wildman–Crippen MR) is 67.9 cm³/mol. The van der Waals surface area contributed by atoms with Crippen LogP contribution < -0.4 is 5.32 Å². The zero-order valence-corrected chi connectivity index (χ0v) is 10.9. The Morgan fingerprint density at radius 2 is 2.22 bits per heavy atom. The van der Waals surface area contributed by atoms with Crippen LogP contribution in [0.25, 0.3) is 0 Å². The molecule has 1 saturated heterocycles. The van der Waals surface area contributed by atoms with Gasteiger partial charge in [-0.25, -0.2) is 4.79 Å². The first kappa shape index (κ1) is 14.4. The molecule has 1 fully saturated rings. The SMILES string of the molecule is C#CCCNC(=O)N1CCC(C(=O)O)(C(C)C)C1. The summed E-state index contributed by atoms with van der Waals surface area (Å²) in [5.74, 6) is 1.61. The lowest BCUT2D eigenvalue weighted by atomic mass is 9.76. The second-order valence-electron chi connectivity index (χ2n) is 4.97. The molecule has 0 aromatic rings. The molecule has 0 aromatic carbocycles. The lowest BCUT2D eigenvalue weighted by molar-refractivity contribution is -0.150. The van der Waals surface area contributed by atoms with Crippen molar-refractivity contribution in [3.05, 3.63) is 0 Å². The summed E-state index contributed by atoms with van der Waals surface area (Å²) < 4.78 is 0. The van der Waals surface area contributed by atoms with Gasteiger partial charge >= 0.3 is 12.0 Å². The molecule has 2 amide bonds. The van der Waals surface area contributed by atoms with E-state index in [1.165, 1.54) is 0 Å². The summed E-state index contributed by atoms with van der Waals surface area (Å²) in [6.07, 6.45) is 6.08. The van der Waals surface area contributed by atoms with Gasteiger partial charge in [-0.1, -0.05) is 13.8 Å². The number of terminal acetylenes is 1. The highest BCUT2D eigenvalue weighted by molar-refractivity contribution is 5.80. The van der Waals surface area contributed by atoms with Crippen LogP contribution in [0.1, 0.15) is 26.7 Å². The highest BCUT2D eigenvalue weighted by Crippen LogP contribution is 2.38. The zero-order valence-electron chi connectivity index (χ0n) is 10.9. The summed E-state index contributed by atoms with van der Waals surface area (Å²) >= 11 is 0. The Morgan fingerprint density at radius 3 is 2.67 bits per heavy atom. The van der Waals surface area contributed by atoms with Crippen LogP contribution in [0, 0.1) is 23.7 Å². The molecule has 0 saturated carbocycles. The molecule has 1 unspecified atom stereocenters. The molecular formula is C13H20N2O3. The number of hydrogen-bond acceptors (Lipinski definition) is 2. The molecule has 0 bridgehead atoms. The Labute approximate surface area is 108 Å². The van der Waals surface area contributed by atoms with Crippen LogP contribution in [0.4, 0.5) is 4.79 Å². The Balaban J connectivity index is 2.62. The molecule has 100 valence electrons. The molecule has 2 N–H and O–H groups in total. The van der Waals surface area contributed by atoms with Crippen LogP contribution in [0.15, 0.2) is 0 Å². The second-order valence-corrected chi connectivity index (χ2v) is 4.97. The first-order chi connectivity index (χ1) is 8.44. The van der Waals surface area contributed by atoms with Crippen molar-refractivity contribution in [2.24, 2.45) is 11.3 Å². The molecule has 0 aromatic heterocycles. The van der Waals surface area contributed by atoms with Crippen LogP contribution in [0.5, 0.6) is 0 Å². The first-order valence-corrected chi connectivity index (χ1v) is 6.13. The maximum atomic E-state index is 11.8. The lowest BCUT2D eigenvalue weighted by Gasteiger charge is -2.28. The van der Waals surface area contributed by atoms with Crippen molar-refractivity contribution in [3.8, 4) is 12.3 Å². The smallest absolute Gasteiger partial charge is 0.317 e. The Bertz CT molecular complexity index is 373. The number of carboxylic acids is 1. The van der Waals surface area contributed by atoms with Gasteiger partial charge in [0.05, 0.1) is 5.41 Å². The molecule has 5 nitrogen and oxygen atoms in total. The maximum absolute atomic E-state index is 11.8. The van der Waals surface area contributed by atoms with E-state index in [1.54, 1.807) is 4.90 Å². The van der Waals surface area contributed by atoms with Crippen LogP contribution in [0.3, 0.4) is 0 Å². The summed E-state index contributed by atoms with van der Waals surface area (Å²) in [6, 6.07) is -0.228. The van der Waals surface area contributed by atoms with Crippen molar-refractivity contribution in [2.75, 3.05) is 19.6 Å². The fraction of sp³-hybridized carbons (Fsp3) is 0.692. The van der Waals surface area contributed by atoms with Crippen LogP contribution in [-0.4, -0.2) is 41.6 Å². The van der Waals surface area contributed by atoms with Crippen molar-refractivity contribution >= 4 is 12.0 Å². The van der Waals surface area contributed by atoms with Gasteiger partial charge < -0.3 is 15.3 Å². The topological polar surface area (TPSA) is 69.6 Å². The third-order valence-electron chi connectivity index (χ3n) is 3.66. The first-order valence-electron chi connectivity index (χ1n) is 6.13. The molecule has 1 rings (SSSR count). The summed E-state index contributed by atoms with van der Waals surface area (Å²) in [7, 11) is 0. The molecule has 5 heteroatoms. The highest BCUT2D eigenvalue weighted by Gasteiger charge is 2.48. The van der Waals surface area contributed by atoms with E-state index in [4.69, 9.17) is 6.42 Å². The minimum absolute atomic E-state index is 0.00138. The number of rotatable bonds is 4. The summed E-state index contributed by atoms with van der Waals surface area (Å²) in [5, 5.41) is 12.1. The van der Waals surface area contributed by atoms with Gasteiger partial charge in [0.1, 0.15) is 0 Å². The molecule has 0 aliphatic carbocycles. The summed E-state index contributed by atoms with van der Waals surface area (Å²) in [4.78, 5) is 24.8. The van der Waals surface area contributed by atoms with Crippen molar-refractivity contribution in [2.45, 2.75) is 26.7 Å². The zero-order chi connectivity index (χ0) is 13.8. The minimum Gasteiger partial charge on any atom is -0.481 e. The number of carbonyl (C=O) groups excluding carboxylic acids is 1. The molecule has 1 aliphatic rings. The monoisotopic (exact) mass is 252 g/mol. The third kappa shape index (κ3) is 2.76. The summed E-state index contributed by atoms with van der Waals surface area (Å²) in [5.41, 5.74) is -0.816. The molecule has 1 atom stereocenters. The van der Waals surface area contributed by atoms with E-state index < -0.39 is 11.4 Å². The minimum atomic E-state index is -0.823. The fourth-order valence-electron chi connectivity index (χ4n) is 2.25. The quantitative estimate of drug-likeness (QED) is 0.582. The molecule has 0 spiro atoms. The number of carboxylic acid groups (broad SMARTS) is 1. The summed E-state index contributed by atoms with van der Waals surface area (Å²) in [6.45, 7) is 4.93. The van der Waals surface area contributed by atoms with Crippen molar-refractivity contribution in [3.63, 3.8) is 0 Å². The van der Waals surface area contributed by atoms with E-state index in [9.17, 15) is 14.7 Å². The van der Waals surface area contributed by atoms with Gasteiger partial charge in [0, 0.05) is 26.1 Å². The van der Waals surface area contributed by atoms with E-state index in [-0.39, 0.29) is 18.5 Å². The van der Waals surface area contributed by atoms with Crippen LogP contribution >= 0.6 is 0 Å². The molecule has 1 aliphatic heterocycles. The van der Waals surface area contributed by atoms with Gasteiger partial charge in [0.25, 0.3) is 0 Å². The highest BCUT2D eigenvalue weighted by atomic mass is 16.4. The van der Waals surface area contributed by atoms with Crippen molar-refractivity contribution in [1.29, 1.82) is 0 Å². The van der Waals surface area contributed by atoms with Gasteiger partial charge in [-0.15, -0.1) is 12.3 Å². The van der Waals surface area contributed by atoms with Gasteiger partial charge in [-0.3, -0.25) is 4.79 Å². The number of carbonyl (C=O) groups is 2.